The van der Waals surface area contributed by atoms with Crippen molar-refractivity contribution in [3.05, 3.63) is 17.0 Å². The number of rotatable bonds is 3. The van der Waals surface area contributed by atoms with Gasteiger partial charge in [-0.05, 0) is 33.6 Å². The molecule has 21 heavy (non-hydrogen) atoms. The molecule has 0 radical (unpaired) electrons. The topological polar surface area (TPSA) is 65.7 Å². The van der Waals surface area contributed by atoms with Gasteiger partial charge in [-0.2, -0.15) is 5.10 Å². The third-order valence-corrected chi connectivity index (χ3v) is 4.14. The van der Waals surface area contributed by atoms with Gasteiger partial charge in [0.25, 0.3) is 0 Å². The molecule has 1 aliphatic heterocycles. The second-order valence-corrected chi connectivity index (χ2v) is 5.66. The summed E-state index contributed by atoms with van der Waals surface area (Å²) < 4.78 is 1.91. The quantitative estimate of drug-likeness (QED) is 0.643. The molecule has 0 spiro atoms. The molecular formula is C15H27N5O. The Bertz CT molecular complexity index is 500. The fourth-order valence-corrected chi connectivity index (χ4v) is 2.70. The van der Waals surface area contributed by atoms with Crippen LogP contribution in [-0.2, 0) is 13.6 Å². The van der Waals surface area contributed by atoms with Gasteiger partial charge in [-0.25, -0.2) is 4.99 Å². The molecule has 0 aromatic carbocycles. The fraction of sp³-hybridized carbons (Fsp3) is 0.733. The van der Waals surface area contributed by atoms with Gasteiger partial charge in [-0.1, -0.05) is 0 Å². The summed E-state index contributed by atoms with van der Waals surface area (Å²) in [5.41, 5.74) is 3.41. The predicted molar refractivity (Wildman–Crippen MR) is 84.3 cm³/mol. The van der Waals surface area contributed by atoms with Crippen LogP contribution in [-0.4, -0.2) is 51.5 Å². The van der Waals surface area contributed by atoms with E-state index in [-0.39, 0.29) is 6.10 Å². The van der Waals surface area contributed by atoms with Gasteiger partial charge in [0.1, 0.15) is 0 Å². The van der Waals surface area contributed by atoms with Gasteiger partial charge in [0.2, 0.25) is 0 Å². The summed E-state index contributed by atoms with van der Waals surface area (Å²) in [6, 6.07) is 0. The molecule has 0 unspecified atom stereocenters. The summed E-state index contributed by atoms with van der Waals surface area (Å²) in [7, 11) is 1.97. The number of nitrogens with one attached hydrogen (secondary N) is 1. The zero-order valence-corrected chi connectivity index (χ0v) is 13.6. The van der Waals surface area contributed by atoms with Gasteiger partial charge in [0.05, 0.1) is 18.3 Å². The number of aryl methyl sites for hydroxylation is 2. The second-order valence-electron chi connectivity index (χ2n) is 5.66. The molecule has 1 aromatic heterocycles. The molecule has 0 aliphatic carbocycles. The van der Waals surface area contributed by atoms with E-state index in [1.807, 2.05) is 18.7 Å². The van der Waals surface area contributed by atoms with E-state index in [9.17, 15) is 5.11 Å². The Kier molecular flexibility index (Phi) is 5.22. The number of aliphatic hydroxyl groups excluding tert-OH is 1. The first kappa shape index (κ1) is 15.8. The van der Waals surface area contributed by atoms with Crippen LogP contribution in [0.2, 0.25) is 0 Å². The minimum atomic E-state index is -0.160. The van der Waals surface area contributed by atoms with E-state index in [4.69, 9.17) is 4.99 Å². The maximum Gasteiger partial charge on any atom is 0.194 e. The summed E-state index contributed by atoms with van der Waals surface area (Å²) in [5.74, 6) is 0.937. The van der Waals surface area contributed by atoms with Crippen LogP contribution >= 0.6 is 0 Å². The molecule has 6 heteroatoms. The van der Waals surface area contributed by atoms with Gasteiger partial charge in [-0.3, -0.25) is 4.68 Å². The Morgan fingerprint density at radius 1 is 1.38 bits per heavy atom. The smallest absolute Gasteiger partial charge is 0.194 e. The SMILES string of the molecule is CCNC(=NCc1c(C)nn(C)c1C)N1CCC(O)CC1. The Hall–Kier alpha value is -1.56. The summed E-state index contributed by atoms with van der Waals surface area (Å²) in [4.78, 5) is 7.00. The summed E-state index contributed by atoms with van der Waals surface area (Å²) in [6.45, 7) is 9.40. The third-order valence-electron chi connectivity index (χ3n) is 4.14. The van der Waals surface area contributed by atoms with Crippen molar-refractivity contribution in [1.29, 1.82) is 0 Å². The molecule has 1 aliphatic rings. The number of hydrogen-bond acceptors (Lipinski definition) is 3. The van der Waals surface area contributed by atoms with Crippen LogP contribution < -0.4 is 5.32 Å². The zero-order valence-electron chi connectivity index (χ0n) is 13.6. The molecule has 0 atom stereocenters. The van der Waals surface area contributed by atoms with Crippen molar-refractivity contribution < 1.29 is 5.11 Å². The number of likely N-dealkylation sites (tertiary alicyclic amines) is 1. The van der Waals surface area contributed by atoms with Crippen molar-refractivity contribution in [2.75, 3.05) is 19.6 Å². The van der Waals surface area contributed by atoms with Crippen molar-refractivity contribution >= 4 is 5.96 Å². The fourth-order valence-electron chi connectivity index (χ4n) is 2.70. The molecular weight excluding hydrogens is 266 g/mol. The maximum absolute atomic E-state index is 9.62. The number of hydrogen-bond donors (Lipinski definition) is 2. The molecule has 0 saturated carbocycles. The van der Waals surface area contributed by atoms with E-state index in [1.165, 1.54) is 11.3 Å². The molecule has 0 amide bonds. The van der Waals surface area contributed by atoms with Crippen molar-refractivity contribution in [3.63, 3.8) is 0 Å². The van der Waals surface area contributed by atoms with Crippen molar-refractivity contribution in [2.45, 2.75) is 46.3 Å². The van der Waals surface area contributed by atoms with Gasteiger partial charge >= 0.3 is 0 Å². The predicted octanol–water partition coefficient (Wildman–Crippen LogP) is 0.959. The van der Waals surface area contributed by atoms with E-state index < -0.39 is 0 Å². The second kappa shape index (κ2) is 6.93. The number of piperidine rings is 1. The molecule has 6 nitrogen and oxygen atoms in total. The minimum absolute atomic E-state index is 0.160. The Morgan fingerprint density at radius 3 is 2.57 bits per heavy atom. The van der Waals surface area contributed by atoms with Crippen LogP contribution in [0.25, 0.3) is 0 Å². The minimum Gasteiger partial charge on any atom is -0.393 e. The van der Waals surface area contributed by atoms with E-state index >= 15 is 0 Å². The van der Waals surface area contributed by atoms with Crippen LogP contribution in [0.1, 0.15) is 36.7 Å². The van der Waals surface area contributed by atoms with E-state index in [0.717, 1.165) is 44.1 Å². The lowest BCUT2D eigenvalue weighted by Gasteiger charge is -2.32. The standard InChI is InChI=1S/C15H27N5O/c1-5-16-15(20-8-6-13(21)7-9-20)17-10-14-11(2)18-19(4)12(14)3/h13,21H,5-10H2,1-4H3,(H,16,17). The molecule has 2 N–H and O–H groups in total. The van der Waals surface area contributed by atoms with Crippen LogP contribution in [0.5, 0.6) is 0 Å². The molecule has 1 fully saturated rings. The van der Waals surface area contributed by atoms with Gasteiger partial charge in [0, 0.05) is 37.9 Å². The Labute approximate surface area is 126 Å². The maximum atomic E-state index is 9.62. The van der Waals surface area contributed by atoms with Crippen molar-refractivity contribution in [2.24, 2.45) is 12.0 Å². The molecule has 1 aromatic rings. The van der Waals surface area contributed by atoms with Gasteiger partial charge in [0.15, 0.2) is 5.96 Å². The monoisotopic (exact) mass is 293 g/mol. The van der Waals surface area contributed by atoms with E-state index in [0.29, 0.717) is 6.54 Å². The van der Waals surface area contributed by atoms with Crippen molar-refractivity contribution in [3.8, 4) is 0 Å². The van der Waals surface area contributed by atoms with Crippen LogP contribution in [0.15, 0.2) is 4.99 Å². The van der Waals surface area contributed by atoms with E-state index in [2.05, 4.69) is 29.2 Å². The first-order chi connectivity index (χ1) is 10.0. The molecule has 2 rings (SSSR count). The summed E-state index contributed by atoms with van der Waals surface area (Å²) in [5, 5.41) is 17.4. The van der Waals surface area contributed by atoms with Crippen LogP contribution in [0.3, 0.4) is 0 Å². The average molecular weight is 293 g/mol. The highest BCUT2D eigenvalue weighted by atomic mass is 16.3. The number of guanidine groups is 1. The third kappa shape index (κ3) is 3.75. The highest BCUT2D eigenvalue weighted by molar-refractivity contribution is 5.80. The van der Waals surface area contributed by atoms with Crippen LogP contribution in [0.4, 0.5) is 0 Å². The Morgan fingerprint density at radius 2 is 2.05 bits per heavy atom. The lowest BCUT2D eigenvalue weighted by atomic mass is 10.1. The highest BCUT2D eigenvalue weighted by Crippen LogP contribution is 2.14. The normalized spacial score (nSPS) is 17.4. The number of aromatic nitrogens is 2. The largest absolute Gasteiger partial charge is 0.393 e. The number of aliphatic hydroxyl groups is 1. The van der Waals surface area contributed by atoms with Crippen molar-refractivity contribution in [1.82, 2.24) is 20.0 Å². The lowest BCUT2D eigenvalue weighted by Crippen LogP contribution is -2.46. The van der Waals surface area contributed by atoms with Crippen LogP contribution in [0, 0.1) is 13.8 Å². The first-order valence-corrected chi connectivity index (χ1v) is 7.73. The number of aliphatic imine (C=N–C) groups is 1. The molecule has 118 valence electrons. The molecule has 2 heterocycles. The zero-order chi connectivity index (χ0) is 15.4. The number of nitrogens with zero attached hydrogens (tertiary/aromatic N) is 4. The molecule has 0 bridgehead atoms. The van der Waals surface area contributed by atoms with Gasteiger partial charge in [-0.15, -0.1) is 0 Å². The average Bonchev–Trinajstić information content (AvgIpc) is 2.70. The summed E-state index contributed by atoms with van der Waals surface area (Å²) in [6.07, 6.45) is 1.47. The molecule has 1 saturated heterocycles. The van der Waals surface area contributed by atoms with Gasteiger partial charge < -0.3 is 15.3 Å². The first-order valence-electron chi connectivity index (χ1n) is 7.73. The lowest BCUT2D eigenvalue weighted by molar-refractivity contribution is 0.108. The Balaban J connectivity index is 2.10. The summed E-state index contributed by atoms with van der Waals surface area (Å²) >= 11 is 0. The van der Waals surface area contributed by atoms with E-state index in [1.54, 1.807) is 0 Å². The highest BCUT2D eigenvalue weighted by Gasteiger charge is 2.19.